The number of rotatable bonds is 2. The topological polar surface area (TPSA) is 29.1 Å². The summed E-state index contributed by atoms with van der Waals surface area (Å²) < 4.78 is 39.4. The third kappa shape index (κ3) is 3.14. The van der Waals surface area contributed by atoms with Crippen LogP contribution in [0.5, 0.6) is 0 Å². The van der Waals surface area contributed by atoms with E-state index in [1.165, 1.54) is 12.1 Å². The molecule has 6 heteroatoms. The minimum absolute atomic E-state index is 0.111. The largest absolute Gasteiger partial charge is 0.319 e. The molecule has 2 aromatic carbocycles. The van der Waals surface area contributed by atoms with E-state index in [1.54, 1.807) is 0 Å². The average molecular weight is 330 g/mol. The lowest BCUT2D eigenvalue weighted by Crippen LogP contribution is -2.13. The van der Waals surface area contributed by atoms with Gasteiger partial charge in [-0.05, 0) is 46.3 Å². The molecule has 0 saturated carbocycles. The molecular formula is C13H7BrF3NO. The van der Waals surface area contributed by atoms with Gasteiger partial charge in [-0.1, -0.05) is 0 Å². The molecule has 0 unspecified atom stereocenters. The van der Waals surface area contributed by atoms with Gasteiger partial charge < -0.3 is 5.32 Å². The highest BCUT2D eigenvalue weighted by atomic mass is 79.9. The molecule has 0 aliphatic rings. The summed E-state index contributed by atoms with van der Waals surface area (Å²) in [5.41, 5.74) is -0.151. The van der Waals surface area contributed by atoms with Crippen LogP contribution in [0.2, 0.25) is 0 Å². The fraction of sp³-hybridized carbons (Fsp3) is 0. The number of carbonyl (C=O) groups excluding carboxylic acids is 1. The zero-order valence-electron chi connectivity index (χ0n) is 9.38. The van der Waals surface area contributed by atoms with Crippen molar-refractivity contribution in [1.82, 2.24) is 0 Å². The highest BCUT2D eigenvalue weighted by Gasteiger charge is 2.11. The Morgan fingerprint density at radius 2 is 1.68 bits per heavy atom. The molecule has 0 radical (unpaired) electrons. The number of hydrogen-bond donors (Lipinski definition) is 1. The van der Waals surface area contributed by atoms with Crippen molar-refractivity contribution in [2.75, 3.05) is 5.32 Å². The lowest BCUT2D eigenvalue weighted by molar-refractivity contribution is 0.102. The van der Waals surface area contributed by atoms with E-state index in [2.05, 4.69) is 21.2 Å². The molecule has 19 heavy (non-hydrogen) atoms. The quantitative estimate of drug-likeness (QED) is 0.882. The molecule has 2 rings (SSSR count). The first kappa shape index (κ1) is 13.6. The van der Waals surface area contributed by atoms with Gasteiger partial charge in [-0.3, -0.25) is 4.79 Å². The van der Waals surface area contributed by atoms with Crippen molar-refractivity contribution in [3.05, 3.63) is 63.9 Å². The van der Waals surface area contributed by atoms with E-state index in [0.29, 0.717) is 0 Å². The molecule has 0 atom stereocenters. The Labute approximate surface area is 115 Å². The molecule has 0 spiro atoms. The number of carbonyl (C=O) groups is 1. The summed E-state index contributed by atoms with van der Waals surface area (Å²) in [7, 11) is 0. The van der Waals surface area contributed by atoms with Crippen LogP contribution in [-0.2, 0) is 0 Å². The van der Waals surface area contributed by atoms with Gasteiger partial charge in [0.05, 0.1) is 10.2 Å². The summed E-state index contributed by atoms with van der Waals surface area (Å²) in [4.78, 5) is 11.8. The number of benzene rings is 2. The van der Waals surface area contributed by atoms with Crippen molar-refractivity contribution >= 4 is 27.5 Å². The maximum absolute atomic E-state index is 13.3. The Balaban J connectivity index is 2.25. The second-order valence-corrected chi connectivity index (χ2v) is 4.56. The van der Waals surface area contributed by atoms with Crippen LogP contribution in [0.1, 0.15) is 10.4 Å². The Bertz CT molecular complexity index is 646. The minimum atomic E-state index is -0.754. The first-order valence-corrected chi connectivity index (χ1v) is 5.98. The van der Waals surface area contributed by atoms with E-state index in [0.717, 1.165) is 24.3 Å². The van der Waals surface area contributed by atoms with Crippen LogP contribution in [-0.4, -0.2) is 5.91 Å². The van der Waals surface area contributed by atoms with Gasteiger partial charge in [-0.2, -0.15) is 0 Å². The molecule has 0 saturated heterocycles. The number of nitrogens with one attached hydrogen (secondary N) is 1. The van der Waals surface area contributed by atoms with Gasteiger partial charge in [0.2, 0.25) is 0 Å². The number of halogens is 4. The number of anilines is 1. The first-order chi connectivity index (χ1) is 8.97. The second kappa shape index (κ2) is 5.44. The molecule has 0 bridgehead atoms. The average Bonchev–Trinajstić information content (AvgIpc) is 2.37. The van der Waals surface area contributed by atoms with Crippen molar-refractivity contribution in [3.8, 4) is 0 Å². The molecule has 0 aliphatic carbocycles. The molecule has 2 aromatic rings. The van der Waals surface area contributed by atoms with Gasteiger partial charge in [0, 0.05) is 11.6 Å². The standard InChI is InChI=1S/C13H7BrF3NO/c14-9-5-7(1-3-10(9)16)13(19)18-12-6-8(15)2-4-11(12)17/h1-6H,(H,18,19). The van der Waals surface area contributed by atoms with E-state index in [1.807, 2.05) is 0 Å². The molecule has 0 aromatic heterocycles. The van der Waals surface area contributed by atoms with Crippen LogP contribution in [0.3, 0.4) is 0 Å². The Morgan fingerprint density at radius 1 is 1.00 bits per heavy atom. The summed E-state index contributed by atoms with van der Waals surface area (Å²) in [5, 5.41) is 2.22. The van der Waals surface area contributed by atoms with Crippen molar-refractivity contribution in [3.63, 3.8) is 0 Å². The molecule has 0 heterocycles. The Morgan fingerprint density at radius 3 is 2.37 bits per heavy atom. The molecule has 0 aliphatic heterocycles. The molecular weight excluding hydrogens is 323 g/mol. The molecule has 98 valence electrons. The van der Waals surface area contributed by atoms with E-state index in [9.17, 15) is 18.0 Å². The smallest absolute Gasteiger partial charge is 0.255 e. The van der Waals surface area contributed by atoms with Crippen LogP contribution in [0, 0.1) is 17.5 Å². The van der Waals surface area contributed by atoms with Crippen LogP contribution in [0.25, 0.3) is 0 Å². The third-order valence-corrected chi connectivity index (χ3v) is 2.97. The maximum atomic E-state index is 13.3. The van der Waals surface area contributed by atoms with Crippen molar-refractivity contribution in [2.45, 2.75) is 0 Å². The monoisotopic (exact) mass is 329 g/mol. The van der Waals surface area contributed by atoms with Gasteiger partial charge in [0.1, 0.15) is 17.5 Å². The van der Waals surface area contributed by atoms with Gasteiger partial charge in [-0.15, -0.1) is 0 Å². The molecule has 2 nitrogen and oxygen atoms in total. The van der Waals surface area contributed by atoms with Crippen LogP contribution in [0.4, 0.5) is 18.9 Å². The second-order valence-electron chi connectivity index (χ2n) is 3.71. The molecule has 0 fully saturated rings. The third-order valence-electron chi connectivity index (χ3n) is 2.36. The van der Waals surface area contributed by atoms with Gasteiger partial charge in [0.15, 0.2) is 0 Å². The Kier molecular flexibility index (Phi) is 3.90. The zero-order valence-corrected chi connectivity index (χ0v) is 11.0. The SMILES string of the molecule is O=C(Nc1cc(F)ccc1F)c1ccc(F)c(Br)c1. The van der Waals surface area contributed by atoms with E-state index in [-0.39, 0.29) is 15.7 Å². The lowest BCUT2D eigenvalue weighted by atomic mass is 10.2. The number of amides is 1. The number of hydrogen-bond acceptors (Lipinski definition) is 1. The van der Waals surface area contributed by atoms with Crippen LogP contribution in [0.15, 0.2) is 40.9 Å². The Hall–Kier alpha value is -1.82. The summed E-state index contributed by atoms with van der Waals surface area (Å²) >= 11 is 2.94. The summed E-state index contributed by atoms with van der Waals surface area (Å²) in [6.45, 7) is 0. The fourth-order valence-electron chi connectivity index (χ4n) is 1.43. The molecule has 1 amide bonds. The van der Waals surface area contributed by atoms with Crippen molar-refractivity contribution in [2.24, 2.45) is 0 Å². The normalized spacial score (nSPS) is 10.3. The van der Waals surface area contributed by atoms with Gasteiger partial charge >= 0.3 is 0 Å². The fourth-order valence-corrected chi connectivity index (χ4v) is 1.80. The van der Waals surface area contributed by atoms with Crippen LogP contribution >= 0.6 is 15.9 Å². The van der Waals surface area contributed by atoms with E-state index in [4.69, 9.17) is 0 Å². The first-order valence-electron chi connectivity index (χ1n) is 5.19. The lowest BCUT2D eigenvalue weighted by Gasteiger charge is -2.07. The minimum Gasteiger partial charge on any atom is -0.319 e. The van der Waals surface area contributed by atoms with E-state index >= 15 is 0 Å². The van der Waals surface area contributed by atoms with Crippen LogP contribution < -0.4 is 5.32 Å². The summed E-state index contributed by atoms with van der Waals surface area (Å²) in [6.07, 6.45) is 0. The highest BCUT2D eigenvalue weighted by molar-refractivity contribution is 9.10. The van der Waals surface area contributed by atoms with E-state index < -0.39 is 23.4 Å². The zero-order chi connectivity index (χ0) is 14.0. The maximum Gasteiger partial charge on any atom is 0.255 e. The van der Waals surface area contributed by atoms with Gasteiger partial charge in [-0.25, -0.2) is 13.2 Å². The van der Waals surface area contributed by atoms with Crippen molar-refractivity contribution < 1.29 is 18.0 Å². The predicted octanol–water partition coefficient (Wildman–Crippen LogP) is 4.12. The van der Waals surface area contributed by atoms with Crippen molar-refractivity contribution in [1.29, 1.82) is 0 Å². The molecule has 1 N–H and O–H groups in total. The highest BCUT2D eigenvalue weighted by Crippen LogP contribution is 2.19. The predicted molar refractivity (Wildman–Crippen MR) is 68.4 cm³/mol. The van der Waals surface area contributed by atoms with Gasteiger partial charge in [0.25, 0.3) is 5.91 Å². The summed E-state index contributed by atoms with van der Waals surface area (Å²) in [6, 6.07) is 6.31. The summed E-state index contributed by atoms with van der Waals surface area (Å²) in [5.74, 6) is -2.60.